The first-order valence-electron chi connectivity index (χ1n) is 7.05. The molecule has 1 rings (SSSR count). The average Bonchev–Trinajstić information content (AvgIpc) is 2.74. The second-order valence-electron chi connectivity index (χ2n) is 6.75. The van der Waals surface area contributed by atoms with E-state index in [0.717, 1.165) is 0 Å². The number of rotatable bonds is 6. The van der Waals surface area contributed by atoms with Crippen LogP contribution in [0.4, 0.5) is 0 Å². The van der Waals surface area contributed by atoms with E-state index in [-0.39, 0.29) is 23.2 Å². The highest BCUT2D eigenvalue weighted by Gasteiger charge is 2.45. The quantitative estimate of drug-likeness (QED) is 0.429. The van der Waals surface area contributed by atoms with Gasteiger partial charge >= 0.3 is 5.97 Å². The largest absolute Gasteiger partial charge is 0.459 e. The molecule has 5 nitrogen and oxygen atoms in total. The minimum Gasteiger partial charge on any atom is -0.459 e. The Labute approximate surface area is 123 Å². The van der Waals surface area contributed by atoms with Crippen molar-refractivity contribution in [2.75, 3.05) is 14.2 Å². The molecule has 1 aliphatic heterocycles. The average molecular weight is 304 g/mol. The summed E-state index contributed by atoms with van der Waals surface area (Å²) < 4.78 is 22.5. The maximum atomic E-state index is 11.4. The van der Waals surface area contributed by atoms with E-state index in [1.54, 1.807) is 14.2 Å². The van der Waals surface area contributed by atoms with Gasteiger partial charge in [-0.05, 0) is 24.6 Å². The monoisotopic (exact) mass is 304 g/mol. The van der Waals surface area contributed by atoms with E-state index in [4.69, 9.17) is 18.6 Å². The van der Waals surface area contributed by atoms with Crippen LogP contribution in [0.2, 0.25) is 18.1 Å². The Bertz CT molecular complexity index is 333. The summed E-state index contributed by atoms with van der Waals surface area (Å²) in [6, 6.07) is 0. The molecule has 0 aliphatic carbocycles. The predicted octanol–water partition coefficient (Wildman–Crippen LogP) is 2.70. The van der Waals surface area contributed by atoms with E-state index >= 15 is 0 Å². The molecule has 20 heavy (non-hydrogen) atoms. The summed E-state index contributed by atoms with van der Waals surface area (Å²) in [7, 11) is 1.15. The van der Waals surface area contributed by atoms with Crippen molar-refractivity contribution in [1.29, 1.82) is 0 Å². The Morgan fingerprint density at radius 2 is 1.80 bits per heavy atom. The van der Waals surface area contributed by atoms with Crippen LogP contribution in [-0.4, -0.2) is 47.0 Å². The van der Waals surface area contributed by atoms with Crippen LogP contribution >= 0.6 is 0 Å². The third kappa shape index (κ3) is 4.04. The van der Waals surface area contributed by atoms with Crippen LogP contribution < -0.4 is 0 Å². The zero-order chi connectivity index (χ0) is 15.6. The molecule has 118 valence electrons. The molecule has 0 aromatic carbocycles. The highest BCUT2D eigenvalue weighted by Crippen LogP contribution is 2.39. The summed E-state index contributed by atoms with van der Waals surface area (Å²) in [5.41, 5.74) is 0. The topological polar surface area (TPSA) is 54.0 Å². The number of methoxy groups -OCH3 is 2. The van der Waals surface area contributed by atoms with Gasteiger partial charge in [-0.15, -0.1) is 0 Å². The molecule has 0 N–H and O–H groups in total. The molecule has 0 spiro atoms. The SMILES string of the molecule is COC(OC)C(O[Si](C)(C)C(C)(C)C)C1CCC(=O)O1. The molecule has 1 aliphatic rings. The first kappa shape index (κ1) is 17.6. The molecule has 1 saturated heterocycles. The lowest BCUT2D eigenvalue weighted by Gasteiger charge is -2.41. The van der Waals surface area contributed by atoms with E-state index in [1.165, 1.54) is 0 Å². The van der Waals surface area contributed by atoms with Gasteiger partial charge in [0.05, 0.1) is 0 Å². The Morgan fingerprint density at radius 1 is 1.25 bits per heavy atom. The summed E-state index contributed by atoms with van der Waals surface area (Å²) in [6.45, 7) is 10.8. The second-order valence-corrected chi connectivity index (χ2v) is 11.5. The summed E-state index contributed by atoms with van der Waals surface area (Å²) in [5, 5.41) is 0.0693. The smallest absolute Gasteiger partial charge is 0.306 e. The Morgan fingerprint density at radius 3 is 2.15 bits per heavy atom. The fourth-order valence-electron chi connectivity index (χ4n) is 1.97. The van der Waals surface area contributed by atoms with Crippen LogP contribution in [0.15, 0.2) is 0 Å². The fourth-order valence-corrected chi connectivity index (χ4v) is 3.26. The molecule has 2 unspecified atom stereocenters. The van der Waals surface area contributed by atoms with Crippen molar-refractivity contribution in [3.8, 4) is 0 Å². The van der Waals surface area contributed by atoms with Crippen molar-refractivity contribution in [1.82, 2.24) is 0 Å². The number of esters is 1. The summed E-state index contributed by atoms with van der Waals surface area (Å²) in [5.74, 6) is -0.176. The highest BCUT2D eigenvalue weighted by molar-refractivity contribution is 6.74. The van der Waals surface area contributed by atoms with Gasteiger partial charge in [-0.3, -0.25) is 4.79 Å². The maximum Gasteiger partial charge on any atom is 0.306 e. The van der Waals surface area contributed by atoms with Crippen LogP contribution in [0.5, 0.6) is 0 Å². The van der Waals surface area contributed by atoms with Crippen molar-refractivity contribution in [3.05, 3.63) is 0 Å². The number of hydrogen-bond donors (Lipinski definition) is 0. The lowest BCUT2D eigenvalue weighted by Crippen LogP contribution is -2.52. The number of hydrogen-bond acceptors (Lipinski definition) is 5. The molecule has 1 fully saturated rings. The molecule has 0 radical (unpaired) electrons. The van der Waals surface area contributed by atoms with Gasteiger partial charge in [0.15, 0.2) is 14.6 Å². The lowest BCUT2D eigenvalue weighted by molar-refractivity contribution is -0.189. The molecule has 0 aromatic rings. The Kier molecular flexibility index (Phi) is 5.77. The van der Waals surface area contributed by atoms with Crippen LogP contribution in [0.1, 0.15) is 33.6 Å². The van der Waals surface area contributed by atoms with E-state index in [1.807, 2.05) is 0 Å². The minimum atomic E-state index is -2.00. The molecular formula is C14H28O5Si. The summed E-state index contributed by atoms with van der Waals surface area (Å²) in [4.78, 5) is 11.4. The van der Waals surface area contributed by atoms with E-state index in [9.17, 15) is 4.79 Å². The van der Waals surface area contributed by atoms with E-state index in [0.29, 0.717) is 12.8 Å². The van der Waals surface area contributed by atoms with E-state index < -0.39 is 14.6 Å². The highest BCUT2D eigenvalue weighted by atomic mass is 28.4. The van der Waals surface area contributed by atoms with Gasteiger partial charge in [-0.1, -0.05) is 20.8 Å². The predicted molar refractivity (Wildman–Crippen MR) is 79.0 cm³/mol. The van der Waals surface area contributed by atoms with Crippen molar-refractivity contribution in [3.63, 3.8) is 0 Å². The van der Waals surface area contributed by atoms with Crippen LogP contribution in [0.3, 0.4) is 0 Å². The third-order valence-electron chi connectivity index (χ3n) is 4.25. The van der Waals surface area contributed by atoms with Gasteiger partial charge < -0.3 is 18.6 Å². The van der Waals surface area contributed by atoms with Gasteiger partial charge in [0.25, 0.3) is 0 Å². The molecule has 6 heteroatoms. The van der Waals surface area contributed by atoms with Gasteiger partial charge in [0.1, 0.15) is 12.2 Å². The van der Waals surface area contributed by atoms with Crippen molar-refractivity contribution < 1.29 is 23.4 Å². The number of carbonyl (C=O) groups excluding carboxylic acids is 1. The normalized spacial score (nSPS) is 22.2. The Hall–Kier alpha value is -0.433. The molecular weight excluding hydrogens is 276 g/mol. The van der Waals surface area contributed by atoms with Gasteiger partial charge in [-0.25, -0.2) is 0 Å². The summed E-state index contributed by atoms with van der Waals surface area (Å²) in [6.07, 6.45) is -0.109. The molecule has 0 bridgehead atoms. The van der Waals surface area contributed by atoms with Crippen LogP contribution in [0, 0.1) is 0 Å². The number of carbonyl (C=O) groups is 1. The standard InChI is InChI=1S/C14H28O5Si/c1-14(2,3)20(6,7)19-12(13(16-4)17-5)10-8-9-11(15)18-10/h10,12-13H,8-9H2,1-7H3. The molecule has 2 atom stereocenters. The zero-order valence-corrected chi connectivity index (χ0v) is 14.7. The third-order valence-corrected chi connectivity index (χ3v) is 8.73. The van der Waals surface area contributed by atoms with Crippen LogP contribution in [0.25, 0.3) is 0 Å². The van der Waals surface area contributed by atoms with Gasteiger partial charge in [-0.2, -0.15) is 0 Å². The fraction of sp³-hybridized carbons (Fsp3) is 0.929. The Balaban J connectivity index is 2.91. The van der Waals surface area contributed by atoms with Gasteiger partial charge in [0, 0.05) is 20.6 Å². The van der Waals surface area contributed by atoms with Crippen LogP contribution in [-0.2, 0) is 23.4 Å². The lowest BCUT2D eigenvalue weighted by atomic mass is 10.1. The van der Waals surface area contributed by atoms with E-state index in [2.05, 4.69) is 33.9 Å². The van der Waals surface area contributed by atoms with Gasteiger partial charge in [0.2, 0.25) is 0 Å². The molecule has 1 heterocycles. The first-order chi connectivity index (χ1) is 9.12. The molecule has 0 saturated carbocycles. The zero-order valence-electron chi connectivity index (χ0n) is 13.7. The molecule has 0 amide bonds. The van der Waals surface area contributed by atoms with Crippen molar-refractivity contribution in [2.24, 2.45) is 0 Å². The second kappa shape index (κ2) is 6.55. The number of ether oxygens (including phenoxy) is 3. The molecule has 0 aromatic heterocycles. The summed E-state index contributed by atoms with van der Waals surface area (Å²) >= 11 is 0. The van der Waals surface area contributed by atoms with Crippen molar-refractivity contribution in [2.45, 2.75) is 70.2 Å². The number of cyclic esters (lactones) is 1. The maximum absolute atomic E-state index is 11.4. The van der Waals surface area contributed by atoms with Crippen molar-refractivity contribution >= 4 is 14.3 Å². The minimum absolute atomic E-state index is 0.0693. The first-order valence-corrected chi connectivity index (χ1v) is 9.96.